The zero-order valence-electron chi connectivity index (χ0n) is 39.0. The Balaban J connectivity index is 3.86. The Hall–Kier alpha value is -0.990. The summed E-state index contributed by atoms with van der Waals surface area (Å²) in [6.07, 6.45) is 43.5. The highest BCUT2D eigenvalue weighted by atomic mass is 31.2. The van der Waals surface area contributed by atoms with Crippen molar-refractivity contribution in [1.82, 2.24) is 0 Å². The standard InChI is InChI=1S/C48H96NO8P/c1-6-8-10-12-13-14-15-16-17-18-19-20-21-22-23-24-25-26-27-28-29-30-31-32-33-34-35-37-39-41-48(51)57-46(44-54-47(50)40-38-36-11-9-7-2)45-56-58(52,53)55-43-42-49(3,4)5/h46H,6-45H2,1-5H3. The lowest BCUT2D eigenvalue weighted by Crippen LogP contribution is -2.37. The first-order valence-corrected chi connectivity index (χ1v) is 26.2. The number of rotatable bonds is 46. The summed E-state index contributed by atoms with van der Waals surface area (Å²) in [6.45, 7) is 4.17. The van der Waals surface area contributed by atoms with E-state index in [1.165, 1.54) is 167 Å². The van der Waals surface area contributed by atoms with Crippen molar-refractivity contribution in [1.29, 1.82) is 0 Å². The molecule has 2 unspecified atom stereocenters. The Morgan fingerprint density at radius 3 is 1.10 bits per heavy atom. The topological polar surface area (TPSA) is 111 Å². The fraction of sp³-hybridized carbons (Fsp3) is 0.958. The van der Waals surface area contributed by atoms with Crippen LogP contribution in [-0.4, -0.2) is 70.0 Å². The molecule has 0 aliphatic heterocycles. The number of likely N-dealkylation sites (N-methyl/N-ethyl adjacent to an activating group) is 1. The highest BCUT2D eigenvalue weighted by Crippen LogP contribution is 2.38. The van der Waals surface area contributed by atoms with E-state index in [1.807, 2.05) is 21.1 Å². The number of hydrogen-bond acceptors (Lipinski definition) is 8. The van der Waals surface area contributed by atoms with Gasteiger partial charge in [-0.1, -0.05) is 219 Å². The number of quaternary nitrogens is 1. The third-order valence-corrected chi connectivity index (χ3v) is 12.1. The molecule has 0 spiro atoms. The van der Waals surface area contributed by atoms with E-state index < -0.39 is 32.5 Å². The lowest BCUT2D eigenvalue weighted by atomic mass is 10.0. The zero-order chi connectivity index (χ0) is 42.8. The van der Waals surface area contributed by atoms with Crippen LogP contribution in [-0.2, 0) is 32.7 Å². The number of unbranched alkanes of at least 4 members (excludes halogenated alkanes) is 32. The molecule has 0 aliphatic carbocycles. The first-order chi connectivity index (χ1) is 28.0. The monoisotopic (exact) mass is 846 g/mol. The molecule has 0 saturated heterocycles. The van der Waals surface area contributed by atoms with Crippen molar-refractivity contribution < 1.29 is 42.1 Å². The first-order valence-electron chi connectivity index (χ1n) is 24.7. The highest BCUT2D eigenvalue weighted by molar-refractivity contribution is 7.45. The molecule has 9 nitrogen and oxygen atoms in total. The molecule has 0 rings (SSSR count). The summed E-state index contributed by atoms with van der Waals surface area (Å²) in [5.74, 6) is -0.834. The van der Waals surface area contributed by atoms with Gasteiger partial charge in [0.15, 0.2) is 6.10 Å². The summed E-state index contributed by atoms with van der Waals surface area (Å²) in [4.78, 5) is 37.2. The van der Waals surface area contributed by atoms with Crippen LogP contribution in [0.1, 0.15) is 245 Å². The lowest BCUT2D eigenvalue weighted by molar-refractivity contribution is -0.870. The minimum Gasteiger partial charge on any atom is -0.756 e. The third kappa shape index (κ3) is 44.6. The van der Waals surface area contributed by atoms with Crippen LogP contribution in [0.5, 0.6) is 0 Å². The molecular formula is C48H96NO8P. The van der Waals surface area contributed by atoms with E-state index in [9.17, 15) is 19.0 Å². The molecule has 58 heavy (non-hydrogen) atoms. The SMILES string of the molecule is CCCCCCCCCCCCCCCCCCCCCCCCCCCCCCCC(=O)OC(COC(=O)CCCCCCC)COP(=O)([O-])OCC[N+](C)(C)C. The Labute approximate surface area is 359 Å². The normalized spacial score (nSPS) is 13.4. The molecule has 0 bridgehead atoms. The van der Waals surface area contributed by atoms with Crippen molar-refractivity contribution in [3.05, 3.63) is 0 Å². The molecule has 0 heterocycles. The number of phosphoric ester groups is 1. The summed E-state index contributed by atoms with van der Waals surface area (Å²) in [7, 11) is 1.18. The molecule has 0 aromatic carbocycles. The van der Waals surface area contributed by atoms with E-state index in [2.05, 4.69) is 13.8 Å². The highest BCUT2D eigenvalue weighted by Gasteiger charge is 2.21. The average Bonchev–Trinajstić information content (AvgIpc) is 3.17. The van der Waals surface area contributed by atoms with E-state index in [1.54, 1.807) is 0 Å². The second-order valence-electron chi connectivity index (χ2n) is 18.2. The largest absolute Gasteiger partial charge is 0.756 e. The molecule has 10 heteroatoms. The van der Waals surface area contributed by atoms with Crippen molar-refractivity contribution in [2.45, 2.75) is 251 Å². The predicted octanol–water partition coefficient (Wildman–Crippen LogP) is 13.7. The molecule has 2 atom stereocenters. The summed E-state index contributed by atoms with van der Waals surface area (Å²) in [5, 5.41) is 0. The third-order valence-electron chi connectivity index (χ3n) is 11.1. The van der Waals surface area contributed by atoms with Crippen LogP contribution in [0.3, 0.4) is 0 Å². The van der Waals surface area contributed by atoms with Gasteiger partial charge >= 0.3 is 11.9 Å². The van der Waals surface area contributed by atoms with Crippen molar-refractivity contribution >= 4 is 19.8 Å². The van der Waals surface area contributed by atoms with Crippen LogP contribution in [0.15, 0.2) is 0 Å². The van der Waals surface area contributed by atoms with Gasteiger partial charge < -0.3 is 27.9 Å². The molecule has 0 aromatic heterocycles. The Morgan fingerprint density at radius 1 is 0.466 bits per heavy atom. The van der Waals surface area contributed by atoms with Gasteiger partial charge in [-0.15, -0.1) is 0 Å². The molecule has 346 valence electrons. The van der Waals surface area contributed by atoms with Gasteiger partial charge in [-0.25, -0.2) is 0 Å². The quantitative estimate of drug-likeness (QED) is 0.0258. The number of carbonyl (C=O) groups is 2. The van der Waals surface area contributed by atoms with E-state index in [0.717, 1.165) is 44.9 Å². The van der Waals surface area contributed by atoms with Gasteiger partial charge in [0.2, 0.25) is 0 Å². The Kier molecular flexibility index (Phi) is 40.7. The van der Waals surface area contributed by atoms with Gasteiger partial charge in [0.05, 0.1) is 27.7 Å². The summed E-state index contributed by atoms with van der Waals surface area (Å²) < 4.78 is 33.7. The molecule has 0 aliphatic rings. The molecule has 0 N–H and O–H groups in total. The molecular weight excluding hydrogens is 750 g/mol. The molecule has 0 aromatic rings. The maximum atomic E-state index is 12.6. The summed E-state index contributed by atoms with van der Waals surface area (Å²) in [5.41, 5.74) is 0. The van der Waals surface area contributed by atoms with Crippen LogP contribution in [0.2, 0.25) is 0 Å². The lowest BCUT2D eigenvalue weighted by Gasteiger charge is -2.28. The maximum Gasteiger partial charge on any atom is 0.306 e. The van der Waals surface area contributed by atoms with Crippen LogP contribution in [0, 0.1) is 0 Å². The average molecular weight is 846 g/mol. The van der Waals surface area contributed by atoms with Gasteiger partial charge in [0.25, 0.3) is 7.82 Å². The number of ether oxygens (including phenoxy) is 2. The Bertz CT molecular complexity index is 958. The summed E-state index contributed by atoms with van der Waals surface area (Å²) in [6, 6.07) is 0. The number of phosphoric acid groups is 1. The molecule has 0 radical (unpaired) electrons. The fourth-order valence-corrected chi connectivity index (χ4v) is 7.97. The van der Waals surface area contributed by atoms with Crippen LogP contribution >= 0.6 is 7.82 Å². The minimum atomic E-state index is -4.61. The maximum absolute atomic E-state index is 12.6. The van der Waals surface area contributed by atoms with Crippen molar-refractivity contribution in [2.75, 3.05) is 47.5 Å². The van der Waals surface area contributed by atoms with Gasteiger partial charge in [0, 0.05) is 12.8 Å². The van der Waals surface area contributed by atoms with Crippen LogP contribution < -0.4 is 4.89 Å². The van der Waals surface area contributed by atoms with E-state index in [0.29, 0.717) is 17.4 Å². The van der Waals surface area contributed by atoms with Crippen molar-refractivity contribution in [3.8, 4) is 0 Å². The second-order valence-corrected chi connectivity index (χ2v) is 19.6. The van der Waals surface area contributed by atoms with Gasteiger partial charge in [0.1, 0.15) is 19.8 Å². The number of hydrogen-bond donors (Lipinski definition) is 0. The fourth-order valence-electron chi connectivity index (χ4n) is 7.25. The number of esters is 2. The van der Waals surface area contributed by atoms with E-state index >= 15 is 0 Å². The van der Waals surface area contributed by atoms with Gasteiger partial charge in [-0.05, 0) is 12.8 Å². The van der Waals surface area contributed by atoms with Crippen molar-refractivity contribution in [2.24, 2.45) is 0 Å². The molecule has 0 amide bonds. The van der Waals surface area contributed by atoms with Crippen LogP contribution in [0.25, 0.3) is 0 Å². The molecule has 0 saturated carbocycles. The summed E-state index contributed by atoms with van der Waals surface area (Å²) >= 11 is 0. The van der Waals surface area contributed by atoms with Crippen molar-refractivity contribution in [3.63, 3.8) is 0 Å². The smallest absolute Gasteiger partial charge is 0.306 e. The molecule has 0 fully saturated rings. The van der Waals surface area contributed by atoms with Crippen LogP contribution in [0.4, 0.5) is 0 Å². The minimum absolute atomic E-state index is 0.0264. The first kappa shape index (κ1) is 57.0. The second kappa shape index (κ2) is 41.4. The number of nitrogens with zero attached hydrogens (tertiary/aromatic N) is 1. The van der Waals surface area contributed by atoms with E-state index in [4.69, 9.17) is 18.5 Å². The van der Waals surface area contributed by atoms with Gasteiger partial charge in [-0.2, -0.15) is 0 Å². The number of carbonyl (C=O) groups excluding carboxylic acids is 2. The predicted molar refractivity (Wildman–Crippen MR) is 241 cm³/mol. The van der Waals surface area contributed by atoms with E-state index in [-0.39, 0.29) is 26.1 Å². The van der Waals surface area contributed by atoms with Gasteiger partial charge in [-0.3, -0.25) is 14.2 Å². The Morgan fingerprint density at radius 2 is 0.776 bits per heavy atom. The zero-order valence-corrected chi connectivity index (χ0v) is 39.9.